The van der Waals surface area contributed by atoms with Crippen molar-refractivity contribution in [3.05, 3.63) is 40.7 Å². The quantitative estimate of drug-likeness (QED) is 0.903. The number of aromatic nitrogens is 1. The number of aryl methyl sites for hydroxylation is 1. The van der Waals surface area contributed by atoms with Crippen molar-refractivity contribution >= 4 is 11.3 Å². The molecule has 0 bridgehead atoms. The molecule has 2 nitrogen and oxygen atoms in total. The van der Waals surface area contributed by atoms with Crippen molar-refractivity contribution in [3.63, 3.8) is 0 Å². The van der Waals surface area contributed by atoms with E-state index in [1.54, 1.807) is 12.1 Å². The molecule has 17 heavy (non-hydrogen) atoms. The minimum absolute atomic E-state index is 0.229. The van der Waals surface area contributed by atoms with Gasteiger partial charge in [-0.2, -0.15) is 0 Å². The Kier molecular flexibility index (Phi) is 3.86. The number of benzene rings is 1. The van der Waals surface area contributed by atoms with Crippen LogP contribution in [0.4, 0.5) is 4.39 Å². The number of thiazole rings is 1. The maximum atomic E-state index is 13.6. The van der Waals surface area contributed by atoms with Gasteiger partial charge >= 0.3 is 0 Å². The van der Waals surface area contributed by atoms with Crippen molar-refractivity contribution < 1.29 is 4.39 Å². The van der Waals surface area contributed by atoms with E-state index in [-0.39, 0.29) is 5.82 Å². The van der Waals surface area contributed by atoms with Crippen molar-refractivity contribution in [1.29, 1.82) is 0 Å². The molecule has 0 spiro atoms. The van der Waals surface area contributed by atoms with Crippen molar-refractivity contribution in [2.75, 3.05) is 0 Å². The van der Waals surface area contributed by atoms with Gasteiger partial charge < -0.3 is 5.73 Å². The Balaban J connectivity index is 2.43. The predicted molar refractivity (Wildman–Crippen MR) is 69.4 cm³/mol. The van der Waals surface area contributed by atoms with Crippen molar-refractivity contribution in [3.8, 4) is 10.6 Å². The van der Waals surface area contributed by atoms with E-state index in [9.17, 15) is 4.39 Å². The topological polar surface area (TPSA) is 38.9 Å². The van der Waals surface area contributed by atoms with Crippen LogP contribution in [0.25, 0.3) is 10.6 Å². The lowest BCUT2D eigenvalue weighted by Gasteiger charge is -1.97. The standard InChI is InChI=1S/C13H15FN2S/c1-2-5-11-12(8-15)17-13(16-11)9-6-3-4-7-10(9)14/h3-4,6-7H,2,5,8,15H2,1H3. The number of rotatable bonds is 4. The number of nitrogens with two attached hydrogens (primary N) is 1. The molecule has 0 saturated heterocycles. The van der Waals surface area contributed by atoms with Gasteiger partial charge in [-0.3, -0.25) is 0 Å². The van der Waals surface area contributed by atoms with Crippen LogP contribution in [0.1, 0.15) is 23.9 Å². The van der Waals surface area contributed by atoms with Gasteiger partial charge in [-0.25, -0.2) is 9.37 Å². The van der Waals surface area contributed by atoms with Crippen LogP contribution in [-0.2, 0) is 13.0 Å². The maximum Gasteiger partial charge on any atom is 0.133 e. The van der Waals surface area contributed by atoms with E-state index in [1.807, 2.05) is 6.07 Å². The second-order valence-corrected chi connectivity index (χ2v) is 4.91. The average Bonchev–Trinajstić information content (AvgIpc) is 2.73. The van der Waals surface area contributed by atoms with E-state index in [0.29, 0.717) is 12.1 Å². The number of hydrogen-bond acceptors (Lipinski definition) is 3. The highest BCUT2D eigenvalue weighted by molar-refractivity contribution is 7.15. The summed E-state index contributed by atoms with van der Waals surface area (Å²) in [6, 6.07) is 6.72. The fraction of sp³-hybridized carbons (Fsp3) is 0.308. The monoisotopic (exact) mass is 250 g/mol. The Morgan fingerprint density at radius 1 is 1.35 bits per heavy atom. The van der Waals surface area contributed by atoms with Gasteiger partial charge in [0.05, 0.1) is 5.69 Å². The molecular weight excluding hydrogens is 235 g/mol. The molecule has 0 unspecified atom stereocenters. The summed E-state index contributed by atoms with van der Waals surface area (Å²) in [4.78, 5) is 5.56. The zero-order valence-electron chi connectivity index (χ0n) is 9.74. The van der Waals surface area contributed by atoms with Gasteiger partial charge in [-0.05, 0) is 18.6 Å². The lowest BCUT2D eigenvalue weighted by molar-refractivity contribution is 0.631. The Bertz CT molecular complexity index is 508. The Hall–Kier alpha value is -1.26. The molecule has 4 heteroatoms. The van der Waals surface area contributed by atoms with E-state index >= 15 is 0 Å². The molecule has 0 aliphatic heterocycles. The molecule has 0 radical (unpaired) electrons. The minimum atomic E-state index is -0.229. The van der Waals surface area contributed by atoms with Gasteiger partial charge in [0.1, 0.15) is 10.8 Å². The number of hydrogen-bond donors (Lipinski definition) is 1. The smallest absolute Gasteiger partial charge is 0.133 e. The fourth-order valence-corrected chi connectivity index (χ4v) is 2.74. The summed E-state index contributed by atoms with van der Waals surface area (Å²) >= 11 is 1.49. The van der Waals surface area contributed by atoms with Crippen LogP contribution in [0.15, 0.2) is 24.3 Å². The van der Waals surface area contributed by atoms with Gasteiger partial charge in [0.2, 0.25) is 0 Å². The third-order valence-electron chi connectivity index (χ3n) is 2.55. The summed E-state index contributed by atoms with van der Waals surface area (Å²) in [6.07, 6.45) is 1.92. The fourth-order valence-electron chi connectivity index (χ4n) is 1.72. The third kappa shape index (κ3) is 2.53. The van der Waals surface area contributed by atoms with Crippen LogP contribution in [-0.4, -0.2) is 4.98 Å². The number of nitrogens with zero attached hydrogens (tertiary/aromatic N) is 1. The lowest BCUT2D eigenvalue weighted by Crippen LogP contribution is -1.97. The first-order valence-electron chi connectivity index (χ1n) is 5.69. The molecule has 1 aromatic carbocycles. The molecule has 0 aliphatic carbocycles. The highest BCUT2D eigenvalue weighted by Gasteiger charge is 2.13. The van der Waals surface area contributed by atoms with Crippen LogP contribution in [0, 0.1) is 5.82 Å². The molecule has 0 aliphatic rings. The Morgan fingerprint density at radius 2 is 2.12 bits per heavy atom. The van der Waals surface area contributed by atoms with Crippen LogP contribution in [0.2, 0.25) is 0 Å². The Morgan fingerprint density at radius 3 is 2.76 bits per heavy atom. The molecule has 2 rings (SSSR count). The highest BCUT2D eigenvalue weighted by Crippen LogP contribution is 2.30. The largest absolute Gasteiger partial charge is 0.326 e. The number of halogens is 1. The van der Waals surface area contributed by atoms with Gasteiger partial charge in [0.25, 0.3) is 0 Å². The summed E-state index contributed by atoms with van der Waals surface area (Å²) in [5.74, 6) is -0.229. The van der Waals surface area contributed by atoms with Gasteiger partial charge in [-0.1, -0.05) is 25.5 Å². The van der Waals surface area contributed by atoms with E-state index < -0.39 is 0 Å². The zero-order chi connectivity index (χ0) is 12.3. The SMILES string of the molecule is CCCc1nc(-c2ccccc2F)sc1CN. The van der Waals surface area contributed by atoms with Crippen molar-refractivity contribution in [2.45, 2.75) is 26.3 Å². The average molecular weight is 250 g/mol. The first-order valence-corrected chi connectivity index (χ1v) is 6.51. The molecule has 0 saturated carbocycles. The van der Waals surface area contributed by atoms with Crippen LogP contribution in [0.5, 0.6) is 0 Å². The molecule has 2 aromatic rings. The van der Waals surface area contributed by atoms with E-state index in [1.165, 1.54) is 17.4 Å². The Labute approximate surface area is 104 Å². The van der Waals surface area contributed by atoms with Crippen LogP contribution < -0.4 is 5.73 Å². The summed E-state index contributed by atoms with van der Waals surface area (Å²) < 4.78 is 13.6. The van der Waals surface area contributed by atoms with Crippen LogP contribution in [0.3, 0.4) is 0 Å². The molecule has 2 N–H and O–H groups in total. The molecule has 90 valence electrons. The molecular formula is C13H15FN2S. The predicted octanol–water partition coefficient (Wildman–Crippen LogP) is 3.36. The zero-order valence-corrected chi connectivity index (χ0v) is 10.6. The van der Waals surface area contributed by atoms with E-state index in [4.69, 9.17) is 5.73 Å². The summed E-state index contributed by atoms with van der Waals surface area (Å²) in [5, 5.41) is 0.729. The second kappa shape index (κ2) is 5.38. The third-order valence-corrected chi connectivity index (χ3v) is 3.71. The summed E-state index contributed by atoms with van der Waals surface area (Å²) in [6.45, 7) is 2.57. The molecule has 0 atom stereocenters. The van der Waals surface area contributed by atoms with E-state index in [2.05, 4.69) is 11.9 Å². The first kappa shape index (κ1) is 12.2. The minimum Gasteiger partial charge on any atom is -0.326 e. The van der Waals surface area contributed by atoms with Crippen LogP contribution >= 0.6 is 11.3 Å². The summed E-state index contributed by atoms with van der Waals surface area (Å²) in [5.41, 5.74) is 7.26. The summed E-state index contributed by atoms with van der Waals surface area (Å²) in [7, 11) is 0. The molecule has 1 aromatic heterocycles. The van der Waals surface area contributed by atoms with E-state index in [0.717, 1.165) is 28.4 Å². The highest BCUT2D eigenvalue weighted by atomic mass is 32.1. The first-order chi connectivity index (χ1) is 8.26. The van der Waals surface area contributed by atoms with Gasteiger partial charge in [0, 0.05) is 17.0 Å². The molecule has 0 fully saturated rings. The normalized spacial score (nSPS) is 10.8. The van der Waals surface area contributed by atoms with Gasteiger partial charge in [0.15, 0.2) is 0 Å². The van der Waals surface area contributed by atoms with Crippen molar-refractivity contribution in [1.82, 2.24) is 4.98 Å². The second-order valence-electron chi connectivity index (χ2n) is 3.82. The van der Waals surface area contributed by atoms with Gasteiger partial charge in [-0.15, -0.1) is 11.3 Å². The lowest BCUT2D eigenvalue weighted by atomic mass is 10.2. The maximum absolute atomic E-state index is 13.6. The molecule has 0 amide bonds. The molecule has 1 heterocycles. The van der Waals surface area contributed by atoms with Crippen molar-refractivity contribution in [2.24, 2.45) is 5.73 Å².